The highest BCUT2D eigenvalue weighted by molar-refractivity contribution is 7.89. The van der Waals surface area contributed by atoms with Crippen molar-refractivity contribution in [1.82, 2.24) is 25.8 Å². The van der Waals surface area contributed by atoms with E-state index in [0.717, 1.165) is 25.8 Å². The second-order valence-corrected chi connectivity index (χ2v) is 10.9. The van der Waals surface area contributed by atoms with Gasteiger partial charge >= 0.3 is 0 Å². The molecule has 0 amide bonds. The molecule has 120 valence electrons. The third-order valence-corrected chi connectivity index (χ3v) is 9.15. The Labute approximate surface area is 122 Å². The summed E-state index contributed by atoms with van der Waals surface area (Å²) in [5, 5.41) is 0. The van der Waals surface area contributed by atoms with Gasteiger partial charge in [-0.3, -0.25) is 0 Å². The van der Waals surface area contributed by atoms with Gasteiger partial charge in [0.1, 0.15) is 0 Å². The van der Waals surface area contributed by atoms with E-state index in [4.69, 9.17) is 0 Å². The summed E-state index contributed by atoms with van der Waals surface area (Å²) in [6.07, 6.45) is 0. The number of rotatable bonds is 0. The van der Waals surface area contributed by atoms with Gasteiger partial charge in [0, 0.05) is 0 Å². The summed E-state index contributed by atoms with van der Waals surface area (Å²) in [4.78, 5) is 0. The lowest BCUT2D eigenvalue weighted by atomic mass is 10.7. The van der Waals surface area contributed by atoms with Crippen molar-refractivity contribution in [3.8, 4) is 0 Å². The van der Waals surface area contributed by atoms with Crippen molar-refractivity contribution in [1.29, 1.82) is 0 Å². The minimum Gasteiger partial charge on any atom is -0.195 e. The maximum Gasteiger partial charge on any atom is 0.286 e. The largest absolute Gasteiger partial charge is 0.286 e. The van der Waals surface area contributed by atoms with Gasteiger partial charge in [-0.2, -0.15) is 51.1 Å². The monoisotopic (exact) mass is 360 g/mol. The molecular weight excluding hydrogens is 348 g/mol. The van der Waals surface area contributed by atoms with Crippen molar-refractivity contribution >= 4 is 30.6 Å². The molecule has 12 nitrogen and oxygen atoms in total. The molecular formula is C6H12N6O6S3. The first-order valence-corrected chi connectivity index (χ1v) is 10.1. The minimum absolute atomic E-state index is 0.385. The van der Waals surface area contributed by atoms with Crippen LogP contribution in [0.4, 0.5) is 0 Å². The van der Waals surface area contributed by atoms with Crippen LogP contribution in [-0.2, 0) is 30.6 Å². The highest BCUT2D eigenvalue weighted by Gasteiger charge is 2.55. The predicted octanol–water partition coefficient (Wildman–Crippen LogP) is -3.67. The molecule has 5 saturated heterocycles. The Bertz CT molecular complexity index is 637. The second-order valence-electron chi connectivity index (χ2n) is 5.08. The first kappa shape index (κ1) is 14.2. The maximum atomic E-state index is 12.5. The van der Waals surface area contributed by atoms with Crippen LogP contribution in [0.25, 0.3) is 0 Å². The predicted molar refractivity (Wildman–Crippen MR) is 67.0 cm³/mol. The Morgan fingerprint density at radius 1 is 0.381 bits per heavy atom. The lowest BCUT2D eigenvalue weighted by Crippen LogP contribution is -2.75. The Morgan fingerprint density at radius 3 is 0.667 bits per heavy atom. The Kier molecular flexibility index (Phi) is 2.66. The molecule has 5 aliphatic rings. The smallest absolute Gasteiger partial charge is 0.195 e. The topological polar surface area (TPSA) is 122 Å². The standard InChI is InChI=1S/C6H12N6O6S3/c13-19(14)7-1-8-3-9(2-7)21(17,18)12-5-10(19)4-11(6-12)20(8,15)16/h1-6H2. The molecule has 6 bridgehead atoms. The highest BCUT2D eigenvalue weighted by Crippen LogP contribution is 2.32. The van der Waals surface area contributed by atoms with E-state index in [2.05, 4.69) is 0 Å². The van der Waals surface area contributed by atoms with Gasteiger partial charge < -0.3 is 0 Å². The Hall–Kier alpha value is -0.390. The summed E-state index contributed by atoms with van der Waals surface area (Å²) in [6.45, 7) is -2.31. The van der Waals surface area contributed by atoms with Crippen molar-refractivity contribution in [2.75, 3.05) is 40.0 Å². The normalized spacial score (nSPS) is 52.0. The molecule has 5 rings (SSSR count). The Morgan fingerprint density at radius 2 is 0.524 bits per heavy atom. The van der Waals surface area contributed by atoms with Crippen LogP contribution in [0.2, 0.25) is 0 Å². The molecule has 0 saturated carbocycles. The van der Waals surface area contributed by atoms with E-state index in [1.807, 2.05) is 0 Å². The fraction of sp³-hybridized carbons (Fsp3) is 1.00. The lowest BCUT2D eigenvalue weighted by molar-refractivity contribution is 0.0357. The molecule has 5 fully saturated rings. The third kappa shape index (κ3) is 1.71. The summed E-state index contributed by atoms with van der Waals surface area (Å²) in [6, 6.07) is 0. The molecule has 0 aliphatic carbocycles. The molecule has 0 aromatic heterocycles. The van der Waals surface area contributed by atoms with Gasteiger partial charge in [-0.25, -0.2) is 0 Å². The molecule has 0 spiro atoms. The van der Waals surface area contributed by atoms with E-state index in [9.17, 15) is 25.3 Å². The second kappa shape index (κ2) is 3.92. The van der Waals surface area contributed by atoms with Gasteiger partial charge in [-0.15, -0.1) is 0 Å². The zero-order valence-electron chi connectivity index (χ0n) is 10.6. The van der Waals surface area contributed by atoms with E-state index >= 15 is 0 Å². The lowest BCUT2D eigenvalue weighted by Gasteiger charge is -2.53. The SMILES string of the molecule is O=S1(=O)N2CN3CN(C2)S(=O)(=O)N2CN1CN(C2)S3(=O)=O. The van der Waals surface area contributed by atoms with Gasteiger partial charge in [0.2, 0.25) is 0 Å². The van der Waals surface area contributed by atoms with E-state index in [0.29, 0.717) is 0 Å². The van der Waals surface area contributed by atoms with Crippen LogP contribution >= 0.6 is 0 Å². The average Bonchev–Trinajstić information content (AvgIpc) is 2.44. The third-order valence-electron chi connectivity index (χ3n) is 3.85. The zero-order valence-corrected chi connectivity index (χ0v) is 13.0. The first-order valence-electron chi connectivity index (χ1n) is 5.89. The summed E-state index contributed by atoms with van der Waals surface area (Å²) < 4.78 is 79.8. The zero-order chi connectivity index (χ0) is 15.2. The maximum absolute atomic E-state index is 12.5. The van der Waals surface area contributed by atoms with Crippen LogP contribution in [-0.4, -0.2) is 91.1 Å². The molecule has 0 atom stereocenters. The number of hydrogen-bond donors (Lipinski definition) is 0. The number of nitrogens with zero attached hydrogens (tertiary/aromatic N) is 6. The van der Waals surface area contributed by atoms with Crippen molar-refractivity contribution < 1.29 is 25.3 Å². The van der Waals surface area contributed by atoms with Crippen LogP contribution in [0.15, 0.2) is 0 Å². The molecule has 5 heterocycles. The highest BCUT2D eigenvalue weighted by atomic mass is 32.2. The van der Waals surface area contributed by atoms with Crippen molar-refractivity contribution in [3.63, 3.8) is 0 Å². The number of hydrogen-bond acceptors (Lipinski definition) is 6. The van der Waals surface area contributed by atoms with Crippen LogP contribution in [0.3, 0.4) is 0 Å². The molecule has 0 unspecified atom stereocenters. The van der Waals surface area contributed by atoms with E-state index in [-0.39, 0.29) is 40.0 Å². The van der Waals surface area contributed by atoms with Crippen LogP contribution in [0.1, 0.15) is 0 Å². The van der Waals surface area contributed by atoms with Crippen LogP contribution in [0.5, 0.6) is 0 Å². The van der Waals surface area contributed by atoms with Crippen molar-refractivity contribution in [2.45, 2.75) is 0 Å². The molecule has 0 aromatic carbocycles. The van der Waals surface area contributed by atoms with Crippen LogP contribution in [0, 0.1) is 0 Å². The Balaban J connectivity index is 2.01. The first-order chi connectivity index (χ1) is 9.63. The molecule has 15 heteroatoms. The molecule has 0 radical (unpaired) electrons. The summed E-state index contributed by atoms with van der Waals surface area (Å²) >= 11 is 0. The molecule has 0 aromatic rings. The van der Waals surface area contributed by atoms with Crippen molar-refractivity contribution in [3.05, 3.63) is 0 Å². The summed E-state index contributed by atoms with van der Waals surface area (Å²) in [7, 11) is -11.8. The van der Waals surface area contributed by atoms with Gasteiger partial charge in [0.25, 0.3) is 30.6 Å². The fourth-order valence-electron chi connectivity index (χ4n) is 2.69. The summed E-state index contributed by atoms with van der Waals surface area (Å²) in [5.41, 5.74) is 0. The molecule has 21 heavy (non-hydrogen) atoms. The average molecular weight is 360 g/mol. The molecule has 0 N–H and O–H groups in total. The van der Waals surface area contributed by atoms with E-state index < -0.39 is 30.6 Å². The van der Waals surface area contributed by atoms with E-state index in [1.54, 1.807) is 0 Å². The van der Waals surface area contributed by atoms with Crippen LogP contribution < -0.4 is 0 Å². The minimum atomic E-state index is -3.92. The quantitative estimate of drug-likeness (QED) is 0.439. The van der Waals surface area contributed by atoms with Gasteiger partial charge in [-0.1, -0.05) is 0 Å². The van der Waals surface area contributed by atoms with Gasteiger partial charge in [0.05, 0.1) is 40.0 Å². The fourth-order valence-corrected chi connectivity index (χ4v) is 7.53. The summed E-state index contributed by atoms with van der Waals surface area (Å²) in [5.74, 6) is 0. The molecule has 5 aliphatic heterocycles. The van der Waals surface area contributed by atoms with Gasteiger partial charge in [0.15, 0.2) is 0 Å². The van der Waals surface area contributed by atoms with E-state index in [1.165, 1.54) is 0 Å². The van der Waals surface area contributed by atoms with Crippen molar-refractivity contribution in [2.24, 2.45) is 0 Å². The van der Waals surface area contributed by atoms with Gasteiger partial charge in [-0.05, 0) is 0 Å².